The van der Waals surface area contributed by atoms with Gasteiger partial charge in [-0.05, 0) is 17.8 Å². The van der Waals surface area contributed by atoms with E-state index in [4.69, 9.17) is 5.73 Å². The van der Waals surface area contributed by atoms with Crippen LogP contribution in [0.3, 0.4) is 0 Å². The summed E-state index contributed by atoms with van der Waals surface area (Å²) in [5.74, 6) is 1.91. The molecule has 0 saturated heterocycles. The Labute approximate surface area is 116 Å². The summed E-state index contributed by atoms with van der Waals surface area (Å²) in [4.78, 5) is 12.5. The van der Waals surface area contributed by atoms with Gasteiger partial charge in [0.1, 0.15) is 5.78 Å². The Hall–Kier alpha value is -0.280. The van der Waals surface area contributed by atoms with E-state index < -0.39 is 0 Å². The predicted octanol–water partition coefficient (Wildman–Crippen LogP) is 3.26. The third-order valence-electron chi connectivity index (χ3n) is 3.81. The van der Waals surface area contributed by atoms with Crippen LogP contribution in [0.5, 0.6) is 0 Å². The van der Waals surface area contributed by atoms with Crippen molar-refractivity contribution in [3.05, 3.63) is 12.2 Å². The van der Waals surface area contributed by atoms with E-state index in [1.54, 1.807) is 11.8 Å². The second kappa shape index (κ2) is 6.76. The highest BCUT2D eigenvalue weighted by atomic mass is 32.2. The molecule has 104 valence electrons. The average molecular weight is 269 g/mol. The quantitative estimate of drug-likeness (QED) is 0.753. The summed E-state index contributed by atoms with van der Waals surface area (Å²) in [6.07, 6.45) is 6.11. The minimum atomic E-state index is 0.101. The number of hydrogen-bond donors (Lipinski definition) is 1. The third kappa shape index (κ3) is 4.13. The molecule has 0 radical (unpaired) electrons. The molecular formula is C15H27NOS. The normalized spacial score (nSPS) is 28.1. The van der Waals surface area contributed by atoms with Gasteiger partial charge < -0.3 is 5.73 Å². The van der Waals surface area contributed by atoms with Crippen LogP contribution in [-0.2, 0) is 4.79 Å². The van der Waals surface area contributed by atoms with E-state index >= 15 is 0 Å². The highest BCUT2D eigenvalue weighted by molar-refractivity contribution is 7.99. The van der Waals surface area contributed by atoms with Gasteiger partial charge in [-0.25, -0.2) is 0 Å². The van der Waals surface area contributed by atoms with Crippen LogP contribution in [0.4, 0.5) is 0 Å². The smallest absolute Gasteiger partial charge is 0.138 e. The van der Waals surface area contributed by atoms with Crippen LogP contribution < -0.4 is 5.73 Å². The molecule has 3 unspecified atom stereocenters. The molecule has 0 aromatic rings. The standard InChI is InChI=1S/C15H27NOS/c1-11-6-5-7-15(3,4)14(11)13(17)10-12(2)18-9-8-16/h5-6,11-12,14H,7-10,16H2,1-4H3. The van der Waals surface area contributed by atoms with E-state index in [0.29, 0.717) is 29.9 Å². The Kier molecular flexibility index (Phi) is 5.93. The Morgan fingerprint density at radius 2 is 2.22 bits per heavy atom. The topological polar surface area (TPSA) is 43.1 Å². The summed E-state index contributed by atoms with van der Waals surface area (Å²) >= 11 is 1.81. The molecule has 1 aliphatic rings. The summed E-state index contributed by atoms with van der Waals surface area (Å²) in [5.41, 5.74) is 5.60. The first-order valence-corrected chi connectivity index (χ1v) is 7.94. The maximum atomic E-state index is 12.5. The fraction of sp³-hybridized carbons (Fsp3) is 0.800. The van der Waals surface area contributed by atoms with Crippen molar-refractivity contribution >= 4 is 17.5 Å². The van der Waals surface area contributed by atoms with Gasteiger partial charge in [-0.1, -0.05) is 39.8 Å². The number of nitrogens with two attached hydrogens (primary N) is 1. The fourth-order valence-corrected chi connectivity index (χ4v) is 3.82. The molecule has 0 saturated carbocycles. The van der Waals surface area contributed by atoms with Crippen LogP contribution >= 0.6 is 11.8 Å². The number of hydrogen-bond acceptors (Lipinski definition) is 3. The molecule has 18 heavy (non-hydrogen) atoms. The maximum absolute atomic E-state index is 12.5. The minimum Gasteiger partial charge on any atom is -0.330 e. The zero-order valence-corrected chi connectivity index (χ0v) is 12.9. The molecule has 3 atom stereocenters. The molecule has 0 spiro atoms. The Morgan fingerprint density at radius 3 is 2.78 bits per heavy atom. The number of Topliss-reactive ketones (excluding diaryl/α,β-unsaturated/α-hetero) is 1. The van der Waals surface area contributed by atoms with Gasteiger partial charge in [0.15, 0.2) is 0 Å². The number of rotatable bonds is 6. The number of ketones is 1. The van der Waals surface area contributed by atoms with Crippen molar-refractivity contribution in [1.82, 2.24) is 0 Å². The van der Waals surface area contributed by atoms with Crippen LogP contribution in [0.1, 0.15) is 40.5 Å². The molecule has 3 heteroatoms. The predicted molar refractivity (Wildman–Crippen MR) is 80.8 cm³/mol. The molecule has 0 bridgehead atoms. The maximum Gasteiger partial charge on any atom is 0.138 e. The first-order valence-electron chi connectivity index (χ1n) is 6.89. The van der Waals surface area contributed by atoms with Crippen LogP contribution in [0.2, 0.25) is 0 Å². The van der Waals surface area contributed by atoms with E-state index in [1.165, 1.54) is 0 Å². The Balaban J connectivity index is 2.62. The lowest BCUT2D eigenvalue weighted by atomic mass is 9.65. The van der Waals surface area contributed by atoms with Crippen LogP contribution in [-0.4, -0.2) is 23.3 Å². The minimum absolute atomic E-state index is 0.101. The Bertz CT molecular complexity index is 312. The SMILES string of the molecule is CC(CC(=O)C1C(C)C=CCC1(C)C)SCCN. The van der Waals surface area contributed by atoms with Crippen molar-refractivity contribution in [3.8, 4) is 0 Å². The van der Waals surface area contributed by atoms with Crippen LogP contribution in [0.25, 0.3) is 0 Å². The zero-order valence-electron chi connectivity index (χ0n) is 12.1. The second-order valence-corrected chi connectivity index (χ2v) is 7.64. The van der Waals surface area contributed by atoms with Crippen molar-refractivity contribution < 1.29 is 4.79 Å². The van der Waals surface area contributed by atoms with Gasteiger partial charge in [0, 0.05) is 29.9 Å². The third-order valence-corrected chi connectivity index (χ3v) is 5.01. The summed E-state index contributed by atoms with van der Waals surface area (Å²) in [6.45, 7) is 9.42. The van der Waals surface area contributed by atoms with Crippen molar-refractivity contribution in [1.29, 1.82) is 0 Å². The van der Waals surface area contributed by atoms with Gasteiger partial charge >= 0.3 is 0 Å². The first-order chi connectivity index (χ1) is 8.38. The molecule has 0 fully saturated rings. The molecule has 2 N–H and O–H groups in total. The number of thioether (sulfide) groups is 1. The lowest BCUT2D eigenvalue weighted by Crippen LogP contribution is -2.38. The molecule has 0 aliphatic heterocycles. The summed E-state index contributed by atoms with van der Waals surface area (Å²) in [5, 5.41) is 0.384. The van der Waals surface area contributed by atoms with Gasteiger partial charge in [-0.2, -0.15) is 11.8 Å². The lowest BCUT2D eigenvalue weighted by molar-refractivity contribution is -0.128. The molecule has 0 aromatic carbocycles. The van der Waals surface area contributed by atoms with Crippen molar-refractivity contribution in [2.75, 3.05) is 12.3 Å². The number of allylic oxidation sites excluding steroid dienone is 2. The van der Waals surface area contributed by atoms with Crippen LogP contribution in [0.15, 0.2) is 12.2 Å². The number of carbonyl (C=O) groups excluding carboxylic acids is 1. The zero-order chi connectivity index (χ0) is 13.8. The molecule has 0 heterocycles. The molecule has 1 aliphatic carbocycles. The largest absolute Gasteiger partial charge is 0.330 e. The monoisotopic (exact) mass is 269 g/mol. The second-order valence-electron chi connectivity index (χ2n) is 6.10. The molecule has 1 rings (SSSR count). The van der Waals surface area contributed by atoms with E-state index in [1.807, 2.05) is 0 Å². The Morgan fingerprint density at radius 1 is 1.56 bits per heavy atom. The highest BCUT2D eigenvalue weighted by Gasteiger charge is 2.39. The van der Waals surface area contributed by atoms with Gasteiger partial charge in [0.05, 0.1) is 0 Å². The van der Waals surface area contributed by atoms with Gasteiger partial charge in [0.25, 0.3) is 0 Å². The van der Waals surface area contributed by atoms with E-state index in [0.717, 1.165) is 12.2 Å². The van der Waals surface area contributed by atoms with Gasteiger partial charge in [-0.3, -0.25) is 4.79 Å². The van der Waals surface area contributed by atoms with Crippen LogP contribution in [0, 0.1) is 17.3 Å². The summed E-state index contributed by atoms with van der Waals surface area (Å²) < 4.78 is 0. The first kappa shape index (κ1) is 15.8. The summed E-state index contributed by atoms with van der Waals surface area (Å²) in [6, 6.07) is 0. The summed E-state index contributed by atoms with van der Waals surface area (Å²) in [7, 11) is 0. The molecule has 2 nitrogen and oxygen atoms in total. The van der Waals surface area contributed by atoms with Gasteiger partial charge in [-0.15, -0.1) is 0 Å². The highest BCUT2D eigenvalue weighted by Crippen LogP contribution is 2.42. The van der Waals surface area contributed by atoms with E-state index in [2.05, 4.69) is 39.8 Å². The van der Waals surface area contributed by atoms with Crippen molar-refractivity contribution in [3.63, 3.8) is 0 Å². The van der Waals surface area contributed by atoms with E-state index in [9.17, 15) is 4.79 Å². The average Bonchev–Trinajstić information content (AvgIpc) is 2.24. The lowest BCUT2D eigenvalue weighted by Gasteiger charge is -2.39. The fourth-order valence-electron chi connectivity index (χ4n) is 3.00. The molecule has 0 amide bonds. The van der Waals surface area contributed by atoms with E-state index in [-0.39, 0.29) is 11.3 Å². The van der Waals surface area contributed by atoms with Crippen molar-refractivity contribution in [2.24, 2.45) is 23.0 Å². The molecular weight excluding hydrogens is 242 g/mol. The van der Waals surface area contributed by atoms with Crippen molar-refractivity contribution in [2.45, 2.75) is 45.8 Å². The molecule has 0 aromatic heterocycles. The number of carbonyl (C=O) groups is 1. The van der Waals surface area contributed by atoms with Gasteiger partial charge in [0.2, 0.25) is 0 Å².